The van der Waals surface area contributed by atoms with Crippen LogP contribution in [-0.2, 0) is 16.1 Å². The van der Waals surface area contributed by atoms with Crippen molar-refractivity contribution in [2.24, 2.45) is 5.92 Å². The monoisotopic (exact) mass is 563 g/mol. The summed E-state index contributed by atoms with van der Waals surface area (Å²) in [5, 5.41) is 12.0. The maximum absolute atomic E-state index is 13.1. The number of nitrogens with zero attached hydrogens (tertiary/aromatic N) is 2. The van der Waals surface area contributed by atoms with E-state index >= 15 is 0 Å². The molecule has 0 radical (unpaired) electrons. The first-order valence-corrected chi connectivity index (χ1v) is 14.0. The Morgan fingerprint density at radius 2 is 1.97 bits per heavy atom. The minimum absolute atomic E-state index is 0.00700. The number of halogens is 3. The number of aliphatic carboxylic acids is 1. The number of nitrogens with one attached hydrogen (secondary N) is 1. The number of ether oxygens (including phenoxy) is 1. The molecule has 2 aromatic rings. The summed E-state index contributed by atoms with van der Waals surface area (Å²) in [4.78, 5) is 29.9. The van der Waals surface area contributed by atoms with E-state index in [0.29, 0.717) is 20.8 Å². The van der Waals surface area contributed by atoms with Gasteiger partial charge in [-0.2, -0.15) is 13.2 Å². The summed E-state index contributed by atoms with van der Waals surface area (Å²) in [5.74, 6) is -0.432. The number of rotatable bonds is 11. The van der Waals surface area contributed by atoms with Gasteiger partial charge in [-0.1, -0.05) is 36.5 Å². The van der Waals surface area contributed by atoms with Gasteiger partial charge < -0.3 is 14.7 Å². The van der Waals surface area contributed by atoms with Crippen LogP contribution in [0.3, 0.4) is 0 Å². The number of aromatic nitrogens is 1. The number of carbonyl (C=O) groups excluding carboxylic acids is 1. The summed E-state index contributed by atoms with van der Waals surface area (Å²) in [5.41, 5.74) is -3.94. The number of hydrogen-bond acceptors (Lipinski definition) is 7. The van der Waals surface area contributed by atoms with Crippen LogP contribution < -0.4 is 5.32 Å². The van der Waals surface area contributed by atoms with Crippen LogP contribution >= 0.6 is 34.9 Å². The predicted octanol–water partition coefficient (Wildman–Crippen LogP) is 6.56. The molecule has 0 aliphatic heterocycles. The smallest absolute Gasteiger partial charge is 0.446 e. The normalized spacial score (nSPS) is 18.1. The van der Waals surface area contributed by atoms with Crippen LogP contribution in [0.2, 0.25) is 0 Å². The van der Waals surface area contributed by atoms with Gasteiger partial charge in [0.15, 0.2) is 5.13 Å². The molecule has 0 unspecified atom stereocenters. The number of amides is 2. The molecule has 0 bridgehead atoms. The maximum Gasteiger partial charge on any atom is 0.446 e. The number of alkyl halides is 3. The number of carbonyl (C=O) groups is 2. The number of benzene rings is 1. The highest BCUT2D eigenvalue weighted by atomic mass is 32.2. The van der Waals surface area contributed by atoms with Gasteiger partial charge in [-0.15, -0.1) is 11.8 Å². The minimum atomic E-state index is -4.38. The van der Waals surface area contributed by atoms with E-state index in [9.17, 15) is 22.8 Å². The Morgan fingerprint density at radius 3 is 2.67 bits per heavy atom. The van der Waals surface area contributed by atoms with Gasteiger partial charge >= 0.3 is 17.5 Å². The molecule has 36 heavy (non-hydrogen) atoms. The van der Waals surface area contributed by atoms with E-state index in [1.165, 1.54) is 23.6 Å². The second-order valence-electron chi connectivity index (χ2n) is 8.41. The molecule has 1 aromatic carbocycles. The Balaban J connectivity index is 1.59. The lowest BCUT2D eigenvalue weighted by Crippen LogP contribution is -2.46. The van der Waals surface area contributed by atoms with Gasteiger partial charge in [0, 0.05) is 17.5 Å². The molecule has 3 rings (SSSR count). The molecular weight excluding hydrogens is 535 g/mol. The Labute approximate surface area is 220 Å². The highest BCUT2D eigenvalue weighted by Crippen LogP contribution is 2.38. The lowest BCUT2D eigenvalue weighted by molar-refractivity contribution is -0.133. The molecule has 1 heterocycles. The fourth-order valence-electron chi connectivity index (χ4n) is 3.88. The fourth-order valence-corrected chi connectivity index (χ4v) is 6.11. The molecule has 2 N–H and O–H groups in total. The Morgan fingerprint density at radius 1 is 1.25 bits per heavy atom. The van der Waals surface area contributed by atoms with Crippen LogP contribution in [0.15, 0.2) is 39.6 Å². The molecule has 1 aliphatic carbocycles. The highest BCUT2D eigenvalue weighted by Gasteiger charge is 2.30. The van der Waals surface area contributed by atoms with Crippen molar-refractivity contribution in [2.45, 2.75) is 59.9 Å². The zero-order valence-electron chi connectivity index (χ0n) is 19.6. The molecule has 13 heteroatoms. The second-order valence-corrected chi connectivity index (χ2v) is 11.8. The van der Waals surface area contributed by atoms with E-state index in [4.69, 9.17) is 9.84 Å². The molecule has 1 aliphatic rings. The summed E-state index contributed by atoms with van der Waals surface area (Å²) in [7, 11) is 0. The fraction of sp³-hybridized carbons (Fsp3) is 0.522. The van der Waals surface area contributed by atoms with Crippen LogP contribution in [0, 0.1) is 5.92 Å². The number of hydrogen-bond donors (Lipinski definition) is 2. The average Bonchev–Trinajstić information content (AvgIpc) is 3.25. The molecule has 7 nitrogen and oxygen atoms in total. The molecule has 1 saturated carbocycles. The largest absolute Gasteiger partial charge is 0.481 e. The van der Waals surface area contributed by atoms with Gasteiger partial charge in [0.2, 0.25) is 0 Å². The van der Waals surface area contributed by atoms with Crippen LogP contribution in [0.5, 0.6) is 0 Å². The third-order valence-electron chi connectivity index (χ3n) is 5.66. The van der Waals surface area contributed by atoms with Gasteiger partial charge in [0.1, 0.15) is 0 Å². The lowest BCUT2D eigenvalue weighted by Gasteiger charge is -2.36. The van der Waals surface area contributed by atoms with Crippen molar-refractivity contribution >= 4 is 52.0 Å². The van der Waals surface area contributed by atoms with E-state index in [1.807, 2.05) is 0 Å². The number of thiazole rings is 1. The summed E-state index contributed by atoms with van der Waals surface area (Å²) < 4.78 is 44.9. The van der Waals surface area contributed by atoms with E-state index in [-0.39, 0.29) is 54.2 Å². The van der Waals surface area contributed by atoms with Crippen LogP contribution in [0.25, 0.3) is 0 Å². The first kappa shape index (κ1) is 28.6. The number of carboxylic acids is 1. The van der Waals surface area contributed by atoms with Crippen LogP contribution in [0.4, 0.5) is 23.1 Å². The summed E-state index contributed by atoms with van der Waals surface area (Å²) in [6, 6.07) is 5.94. The van der Waals surface area contributed by atoms with Crippen LogP contribution in [-0.4, -0.2) is 57.4 Å². The predicted molar refractivity (Wildman–Crippen MR) is 136 cm³/mol. The SMILES string of the molecule is CC1CCC(N(CCOCc2ccccc2SC(F)(F)F)C(=O)Nc2ncc(SCC(=O)O)s2)CC1. The topological polar surface area (TPSA) is 91.8 Å². The lowest BCUT2D eigenvalue weighted by atomic mass is 9.86. The summed E-state index contributed by atoms with van der Waals surface area (Å²) in [6.45, 7) is 2.65. The van der Waals surface area contributed by atoms with Crippen molar-refractivity contribution < 1.29 is 32.6 Å². The minimum Gasteiger partial charge on any atom is -0.481 e. The second kappa shape index (κ2) is 13.5. The molecule has 0 spiro atoms. The van der Waals surface area contributed by atoms with Crippen molar-refractivity contribution in [1.82, 2.24) is 9.88 Å². The van der Waals surface area contributed by atoms with Crippen molar-refractivity contribution in [3.63, 3.8) is 0 Å². The molecule has 0 atom stereocenters. The quantitative estimate of drug-likeness (QED) is 0.236. The Bertz CT molecular complexity index is 1010. The van der Waals surface area contributed by atoms with Crippen molar-refractivity contribution in [2.75, 3.05) is 24.2 Å². The molecule has 198 valence electrons. The van der Waals surface area contributed by atoms with Crippen molar-refractivity contribution in [1.29, 1.82) is 0 Å². The average molecular weight is 564 g/mol. The van der Waals surface area contributed by atoms with Gasteiger partial charge in [-0.3, -0.25) is 10.1 Å². The number of anilines is 1. The Kier molecular flexibility index (Phi) is 10.8. The zero-order valence-corrected chi connectivity index (χ0v) is 22.1. The van der Waals surface area contributed by atoms with E-state index in [0.717, 1.165) is 37.4 Å². The van der Waals surface area contributed by atoms with E-state index < -0.39 is 11.5 Å². The third kappa shape index (κ3) is 9.49. The summed E-state index contributed by atoms with van der Waals surface area (Å²) >= 11 is 2.17. The van der Waals surface area contributed by atoms with E-state index in [2.05, 4.69) is 17.2 Å². The van der Waals surface area contributed by atoms with Gasteiger partial charge in [-0.05, 0) is 55.0 Å². The molecule has 1 fully saturated rings. The molecular formula is C23H28F3N3O4S3. The highest BCUT2D eigenvalue weighted by molar-refractivity contribution is 8.01. The van der Waals surface area contributed by atoms with Gasteiger partial charge in [-0.25, -0.2) is 9.78 Å². The number of urea groups is 1. The Hall–Kier alpha value is -1.96. The first-order valence-electron chi connectivity index (χ1n) is 11.4. The summed E-state index contributed by atoms with van der Waals surface area (Å²) in [6.07, 6.45) is 5.25. The van der Waals surface area contributed by atoms with E-state index in [1.54, 1.807) is 23.1 Å². The standard InChI is InChI=1S/C23H28F3N3O4S3/c1-15-6-8-17(9-7-15)29(22(32)28-21-27-12-20(35-21)34-14-19(30)31)10-11-33-13-16-4-2-3-5-18(16)36-23(24,25)26/h2-5,12,15,17H,6-11,13-14H2,1H3,(H,30,31)(H,27,28,32). The molecule has 0 saturated heterocycles. The van der Waals surface area contributed by atoms with Crippen LogP contribution in [0.1, 0.15) is 38.2 Å². The van der Waals surface area contributed by atoms with Crippen molar-refractivity contribution in [3.05, 3.63) is 36.0 Å². The van der Waals surface area contributed by atoms with Gasteiger partial charge in [0.25, 0.3) is 0 Å². The van der Waals surface area contributed by atoms with Gasteiger partial charge in [0.05, 0.1) is 29.4 Å². The third-order valence-corrected chi connectivity index (χ3v) is 8.60. The first-order chi connectivity index (χ1) is 17.1. The zero-order chi connectivity index (χ0) is 26.1. The number of carboxylic acid groups (broad SMARTS) is 1. The maximum atomic E-state index is 13.1. The molecule has 1 aromatic heterocycles. The van der Waals surface area contributed by atoms with Crippen molar-refractivity contribution in [3.8, 4) is 0 Å². The number of thioether (sulfide) groups is 2. The molecule has 2 amide bonds.